The predicted octanol–water partition coefficient (Wildman–Crippen LogP) is 3.94. The molecule has 0 unspecified atom stereocenters. The highest BCUT2D eigenvalue weighted by Gasteiger charge is 2.17. The lowest BCUT2D eigenvalue weighted by atomic mass is 9.94. The summed E-state index contributed by atoms with van der Waals surface area (Å²) in [4.78, 5) is 5.18. The number of nitrogens with one attached hydrogen (secondary N) is 1. The van der Waals surface area contributed by atoms with Gasteiger partial charge in [0.2, 0.25) is 0 Å². The van der Waals surface area contributed by atoms with Crippen LogP contribution in [0, 0.1) is 3.57 Å². The number of benzene rings is 1. The molecule has 3 nitrogen and oxygen atoms in total. The molecule has 2 aromatic rings. The molecule has 1 aromatic heterocycles. The van der Waals surface area contributed by atoms with Crippen molar-refractivity contribution >= 4 is 51.3 Å². The molecule has 0 atom stereocenters. The minimum atomic E-state index is 0.393. The van der Waals surface area contributed by atoms with Crippen molar-refractivity contribution in [3.63, 3.8) is 0 Å². The van der Waals surface area contributed by atoms with E-state index in [0.29, 0.717) is 4.99 Å². The summed E-state index contributed by atoms with van der Waals surface area (Å²) in [6.45, 7) is 0. The van der Waals surface area contributed by atoms with E-state index in [4.69, 9.17) is 22.9 Å². The average molecular weight is 409 g/mol. The van der Waals surface area contributed by atoms with Gasteiger partial charge >= 0.3 is 0 Å². The summed E-state index contributed by atoms with van der Waals surface area (Å²) in [5.74, 6) is 0.771. The standard InChI is InChI=1S/C16H16IN3S/c17-12-6-2-4-8-14(12)20-16-11(15(18)21)9-10-5-1-3-7-13(10)19-16/h2,4,6,8-9H,1,3,5,7H2,(H2,18,21)(H,19,20). The maximum Gasteiger partial charge on any atom is 0.140 e. The molecule has 0 amide bonds. The Bertz CT molecular complexity index is 700. The number of nitrogens with zero attached hydrogens (tertiary/aromatic N) is 1. The van der Waals surface area contributed by atoms with Crippen molar-refractivity contribution in [3.8, 4) is 0 Å². The van der Waals surface area contributed by atoms with Crippen molar-refractivity contribution in [3.05, 3.63) is 50.7 Å². The molecule has 0 saturated heterocycles. The summed E-state index contributed by atoms with van der Waals surface area (Å²) < 4.78 is 1.14. The van der Waals surface area contributed by atoms with Gasteiger partial charge in [-0.05, 0) is 72.0 Å². The van der Waals surface area contributed by atoms with Crippen LogP contribution in [0.15, 0.2) is 30.3 Å². The normalized spacial score (nSPS) is 13.6. The fourth-order valence-electron chi connectivity index (χ4n) is 2.61. The van der Waals surface area contributed by atoms with Gasteiger partial charge in [0.1, 0.15) is 10.8 Å². The van der Waals surface area contributed by atoms with Crippen molar-refractivity contribution in [1.29, 1.82) is 0 Å². The second-order valence-corrected chi connectivity index (χ2v) is 6.77. The molecule has 1 aliphatic carbocycles. The number of fused-ring (bicyclic) bond motifs is 1. The van der Waals surface area contributed by atoms with Crippen LogP contribution in [0.25, 0.3) is 0 Å². The summed E-state index contributed by atoms with van der Waals surface area (Å²) >= 11 is 7.50. The molecule has 0 spiro atoms. The number of anilines is 2. The van der Waals surface area contributed by atoms with E-state index in [1.54, 1.807) is 0 Å². The van der Waals surface area contributed by atoms with Crippen LogP contribution in [0.5, 0.6) is 0 Å². The van der Waals surface area contributed by atoms with Crippen LogP contribution < -0.4 is 11.1 Å². The Labute approximate surface area is 143 Å². The van der Waals surface area contributed by atoms with Gasteiger partial charge in [-0.25, -0.2) is 4.98 Å². The predicted molar refractivity (Wildman–Crippen MR) is 99.2 cm³/mol. The lowest BCUT2D eigenvalue weighted by Gasteiger charge is -2.19. The summed E-state index contributed by atoms with van der Waals surface area (Å²) in [6.07, 6.45) is 4.53. The van der Waals surface area contributed by atoms with Gasteiger partial charge in [0, 0.05) is 9.26 Å². The van der Waals surface area contributed by atoms with Gasteiger partial charge in [0.15, 0.2) is 0 Å². The van der Waals surface area contributed by atoms with E-state index in [0.717, 1.165) is 33.5 Å². The average Bonchev–Trinajstić information content (AvgIpc) is 2.48. The number of hydrogen-bond acceptors (Lipinski definition) is 3. The topological polar surface area (TPSA) is 50.9 Å². The van der Waals surface area contributed by atoms with Crippen LogP contribution in [0.1, 0.15) is 29.7 Å². The quantitative estimate of drug-likeness (QED) is 0.596. The maximum atomic E-state index is 5.89. The van der Waals surface area contributed by atoms with Gasteiger partial charge in [-0.15, -0.1) is 0 Å². The first-order chi connectivity index (χ1) is 10.1. The lowest BCUT2D eigenvalue weighted by Crippen LogP contribution is -2.17. The molecular weight excluding hydrogens is 393 g/mol. The van der Waals surface area contributed by atoms with Gasteiger partial charge in [-0.3, -0.25) is 0 Å². The van der Waals surface area contributed by atoms with Crippen LogP contribution in [-0.4, -0.2) is 9.97 Å². The maximum absolute atomic E-state index is 5.89. The Hall–Kier alpha value is -1.21. The zero-order valence-electron chi connectivity index (χ0n) is 11.5. The molecule has 1 aliphatic rings. The Morgan fingerprint density at radius 2 is 2.00 bits per heavy atom. The number of aromatic nitrogens is 1. The molecule has 1 aromatic carbocycles. The van der Waals surface area contributed by atoms with Gasteiger partial charge in [-0.2, -0.15) is 0 Å². The van der Waals surface area contributed by atoms with Gasteiger partial charge in [0.05, 0.1) is 11.3 Å². The first kappa shape index (κ1) is 14.7. The molecular formula is C16H16IN3S. The number of aryl methyl sites for hydroxylation is 2. The molecule has 5 heteroatoms. The van der Waals surface area contributed by atoms with Crippen LogP contribution in [0.4, 0.5) is 11.5 Å². The molecule has 3 rings (SSSR count). The Kier molecular flexibility index (Phi) is 4.40. The van der Waals surface area contributed by atoms with E-state index in [-0.39, 0.29) is 0 Å². The fourth-order valence-corrected chi connectivity index (χ4v) is 3.28. The molecule has 0 radical (unpaired) electrons. The van der Waals surface area contributed by atoms with E-state index >= 15 is 0 Å². The van der Waals surface area contributed by atoms with Crippen LogP contribution in [-0.2, 0) is 12.8 Å². The summed E-state index contributed by atoms with van der Waals surface area (Å²) in [6, 6.07) is 10.2. The van der Waals surface area contributed by atoms with Crippen molar-refractivity contribution in [2.24, 2.45) is 5.73 Å². The van der Waals surface area contributed by atoms with E-state index in [1.165, 1.54) is 24.1 Å². The minimum absolute atomic E-state index is 0.393. The fraction of sp³-hybridized carbons (Fsp3) is 0.250. The zero-order valence-corrected chi connectivity index (χ0v) is 14.5. The van der Waals surface area contributed by atoms with Crippen molar-refractivity contribution in [2.45, 2.75) is 25.7 Å². The first-order valence-corrected chi connectivity index (χ1v) is 8.48. The number of pyridine rings is 1. The molecule has 21 heavy (non-hydrogen) atoms. The van der Waals surface area contributed by atoms with Crippen molar-refractivity contribution in [1.82, 2.24) is 4.98 Å². The smallest absolute Gasteiger partial charge is 0.140 e. The molecule has 3 N–H and O–H groups in total. The SMILES string of the molecule is NC(=S)c1cc2c(nc1Nc1ccccc1I)CCCC2. The molecule has 0 fully saturated rings. The minimum Gasteiger partial charge on any atom is -0.389 e. The second kappa shape index (κ2) is 6.27. The number of thiocarbonyl (C=S) groups is 1. The Morgan fingerprint density at radius 1 is 1.24 bits per heavy atom. The number of nitrogens with two attached hydrogens (primary N) is 1. The highest BCUT2D eigenvalue weighted by molar-refractivity contribution is 14.1. The molecule has 0 bridgehead atoms. The number of para-hydroxylation sites is 1. The van der Waals surface area contributed by atoms with Crippen LogP contribution in [0.2, 0.25) is 0 Å². The van der Waals surface area contributed by atoms with E-state index in [2.05, 4.69) is 40.0 Å². The van der Waals surface area contributed by atoms with Gasteiger partial charge < -0.3 is 11.1 Å². The van der Waals surface area contributed by atoms with E-state index < -0.39 is 0 Å². The summed E-state index contributed by atoms with van der Waals surface area (Å²) in [5.41, 5.74) is 10.2. The molecule has 108 valence electrons. The second-order valence-electron chi connectivity index (χ2n) is 5.17. The highest BCUT2D eigenvalue weighted by atomic mass is 127. The Balaban J connectivity index is 2.04. The molecule has 0 aliphatic heterocycles. The first-order valence-electron chi connectivity index (χ1n) is 6.99. The molecule has 1 heterocycles. The number of rotatable bonds is 3. The molecule has 0 saturated carbocycles. The largest absolute Gasteiger partial charge is 0.389 e. The Morgan fingerprint density at radius 3 is 2.76 bits per heavy atom. The third kappa shape index (κ3) is 3.18. The van der Waals surface area contributed by atoms with Crippen molar-refractivity contribution in [2.75, 3.05) is 5.32 Å². The number of hydrogen-bond donors (Lipinski definition) is 2. The van der Waals surface area contributed by atoms with Crippen LogP contribution in [0.3, 0.4) is 0 Å². The summed E-state index contributed by atoms with van der Waals surface area (Å²) in [7, 11) is 0. The van der Waals surface area contributed by atoms with Gasteiger partial charge in [-0.1, -0.05) is 24.4 Å². The van der Waals surface area contributed by atoms with E-state index in [9.17, 15) is 0 Å². The van der Waals surface area contributed by atoms with Gasteiger partial charge in [0.25, 0.3) is 0 Å². The number of halogens is 1. The van der Waals surface area contributed by atoms with Crippen LogP contribution >= 0.6 is 34.8 Å². The third-order valence-corrected chi connectivity index (χ3v) is 4.85. The van der Waals surface area contributed by atoms with Crippen molar-refractivity contribution < 1.29 is 0 Å². The zero-order chi connectivity index (χ0) is 14.8. The lowest BCUT2D eigenvalue weighted by molar-refractivity contribution is 0.668. The summed E-state index contributed by atoms with van der Waals surface area (Å²) in [5, 5.41) is 3.39. The highest BCUT2D eigenvalue weighted by Crippen LogP contribution is 2.28. The monoisotopic (exact) mass is 409 g/mol. The third-order valence-electron chi connectivity index (χ3n) is 3.69. The van der Waals surface area contributed by atoms with E-state index in [1.807, 2.05) is 18.2 Å².